The van der Waals surface area contributed by atoms with E-state index in [0.717, 1.165) is 120 Å². The fourth-order valence-corrected chi connectivity index (χ4v) is 12.2. The summed E-state index contributed by atoms with van der Waals surface area (Å²) in [4.78, 5) is 72.6. The standard InChI is InChI=1S/C71H138O17P2/c1-9-63(7)49-41-33-25-19-16-17-21-27-38-46-54-71(76)87-66(57-81-68(73)51-43-35-28-22-24-32-40-48-62(5)6)59-85-89(77,78)83-55-65(72)56-84-90(79,80)86-60-67(58-82-69(74)52-44-36-30-29-34-42-50-64(8)10-2)88-70(75)53-45-37-26-20-15-13-11-12-14-18-23-31-39-47-61(3)4/h61-67,72H,9-60H2,1-8H3,(H,77,78)(H,79,80)/t63?,64?,65-,66-,67-/m1/s1. The van der Waals surface area contributed by atoms with Gasteiger partial charge in [-0.15, -0.1) is 0 Å². The lowest BCUT2D eigenvalue weighted by Crippen LogP contribution is -2.30. The molecule has 0 saturated heterocycles. The van der Waals surface area contributed by atoms with Crippen molar-refractivity contribution in [3.8, 4) is 0 Å². The highest BCUT2D eigenvalue weighted by Gasteiger charge is 2.30. The first kappa shape index (κ1) is 88.1. The Kier molecular flexibility index (Phi) is 59.4. The van der Waals surface area contributed by atoms with Crippen molar-refractivity contribution in [3.05, 3.63) is 0 Å². The van der Waals surface area contributed by atoms with Gasteiger partial charge in [-0.3, -0.25) is 37.3 Å². The lowest BCUT2D eigenvalue weighted by atomic mass is 9.99. The van der Waals surface area contributed by atoms with Gasteiger partial charge in [-0.2, -0.15) is 0 Å². The van der Waals surface area contributed by atoms with E-state index in [0.29, 0.717) is 31.6 Å². The Balaban J connectivity index is 5.25. The first-order chi connectivity index (χ1) is 43.2. The van der Waals surface area contributed by atoms with Gasteiger partial charge in [-0.05, 0) is 49.4 Å². The molecule has 90 heavy (non-hydrogen) atoms. The molecule has 0 aliphatic rings. The molecule has 0 fully saturated rings. The summed E-state index contributed by atoms with van der Waals surface area (Å²) in [6.07, 6.45) is 43.1. The lowest BCUT2D eigenvalue weighted by molar-refractivity contribution is -0.161. The molecule has 4 unspecified atom stereocenters. The SMILES string of the molecule is CCC(C)CCCCCCCCCCCCC(=O)O[C@H](COC(=O)CCCCCCCCCC(C)C)COP(=O)(O)OC[C@@H](O)COP(=O)(O)OC[C@@H](COC(=O)CCCCCCCCC(C)CC)OC(=O)CCCCCCCCCCCCCCCC(C)C. The molecule has 0 aliphatic heterocycles. The van der Waals surface area contributed by atoms with E-state index in [1.54, 1.807) is 0 Å². The van der Waals surface area contributed by atoms with Crippen LogP contribution in [0.15, 0.2) is 0 Å². The molecular formula is C71H138O17P2. The molecule has 0 aliphatic carbocycles. The number of phosphoric acid groups is 2. The number of ether oxygens (including phenoxy) is 4. The number of aliphatic hydroxyl groups excluding tert-OH is 1. The minimum Gasteiger partial charge on any atom is -0.462 e. The second-order valence-corrected chi connectivity index (χ2v) is 30.0. The summed E-state index contributed by atoms with van der Waals surface area (Å²) >= 11 is 0. The van der Waals surface area contributed by atoms with Gasteiger partial charge in [0.1, 0.15) is 19.3 Å². The summed E-state index contributed by atoms with van der Waals surface area (Å²) in [6, 6.07) is 0. The van der Waals surface area contributed by atoms with Crippen LogP contribution in [0.1, 0.15) is 351 Å². The minimum atomic E-state index is -4.95. The molecule has 0 radical (unpaired) electrons. The van der Waals surface area contributed by atoms with Gasteiger partial charge in [0.25, 0.3) is 0 Å². The maximum Gasteiger partial charge on any atom is 0.472 e. The molecule has 0 bridgehead atoms. The van der Waals surface area contributed by atoms with Crippen molar-refractivity contribution in [2.75, 3.05) is 39.6 Å². The molecule has 19 heteroatoms. The van der Waals surface area contributed by atoms with Gasteiger partial charge in [-0.1, -0.05) is 299 Å². The maximum absolute atomic E-state index is 13.0. The number of carbonyl (C=O) groups is 4. The van der Waals surface area contributed by atoms with Crippen LogP contribution in [-0.4, -0.2) is 96.7 Å². The van der Waals surface area contributed by atoms with Gasteiger partial charge in [-0.25, -0.2) is 9.13 Å². The largest absolute Gasteiger partial charge is 0.472 e. The summed E-state index contributed by atoms with van der Waals surface area (Å²) in [5.41, 5.74) is 0. The van der Waals surface area contributed by atoms with E-state index in [-0.39, 0.29) is 25.7 Å². The third-order valence-corrected chi connectivity index (χ3v) is 18.9. The second kappa shape index (κ2) is 60.7. The van der Waals surface area contributed by atoms with E-state index in [2.05, 4.69) is 55.4 Å². The van der Waals surface area contributed by atoms with Crippen LogP contribution in [-0.2, 0) is 65.4 Å². The smallest absolute Gasteiger partial charge is 0.462 e. The molecule has 0 heterocycles. The predicted molar refractivity (Wildman–Crippen MR) is 363 cm³/mol. The van der Waals surface area contributed by atoms with E-state index in [4.69, 9.17) is 37.0 Å². The van der Waals surface area contributed by atoms with Crippen LogP contribution >= 0.6 is 15.6 Å². The number of aliphatic hydroxyl groups is 1. The number of hydrogen-bond acceptors (Lipinski definition) is 15. The molecule has 3 N–H and O–H groups in total. The van der Waals surface area contributed by atoms with Crippen LogP contribution in [0.4, 0.5) is 0 Å². The van der Waals surface area contributed by atoms with Gasteiger partial charge < -0.3 is 33.8 Å². The molecule has 0 amide bonds. The van der Waals surface area contributed by atoms with Crippen molar-refractivity contribution >= 4 is 39.5 Å². The number of rotatable bonds is 68. The van der Waals surface area contributed by atoms with Gasteiger partial charge >= 0.3 is 39.5 Å². The van der Waals surface area contributed by atoms with Crippen molar-refractivity contribution in [2.24, 2.45) is 23.7 Å². The molecule has 0 saturated carbocycles. The molecule has 0 aromatic heterocycles. The van der Waals surface area contributed by atoms with Crippen LogP contribution in [0.3, 0.4) is 0 Å². The van der Waals surface area contributed by atoms with E-state index < -0.39 is 97.5 Å². The summed E-state index contributed by atoms with van der Waals surface area (Å²) in [5.74, 6) is 0.896. The second-order valence-electron chi connectivity index (χ2n) is 27.1. The van der Waals surface area contributed by atoms with E-state index in [9.17, 15) is 43.2 Å². The third-order valence-electron chi connectivity index (χ3n) is 17.0. The quantitative estimate of drug-likeness (QED) is 0.0222. The molecule has 0 aromatic rings. The van der Waals surface area contributed by atoms with Gasteiger partial charge in [0.15, 0.2) is 12.2 Å². The third kappa shape index (κ3) is 62.2. The molecular weight excluding hydrogens is 1190 g/mol. The van der Waals surface area contributed by atoms with Crippen molar-refractivity contribution in [2.45, 2.75) is 369 Å². The average molecular weight is 1330 g/mol. The van der Waals surface area contributed by atoms with Crippen molar-refractivity contribution in [1.29, 1.82) is 0 Å². The zero-order chi connectivity index (χ0) is 66.8. The van der Waals surface area contributed by atoms with Crippen molar-refractivity contribution < 1.29 is 80.2 Å². The molecule has 534 valence electrons. The Morgan fingerprint density at radius 1 is 0.311 bits per heavy atom. The summed E-state index contributed by atoms with van der Waals surface area (Å²) in [6.45, 7) is 14.1. The predicted octanol–water partition coefficient (Wildman–Crippen LogP) is 20.1. The van der Waals surface area contributed by atoms with Crippen LogP contribution in [0.2, 0.25) is 0 Å². The van der Waals surface area contributed by atoms with Gasteiger partial charge in [0, 0.05) is 25.7 Å². The maximum atomic E-state index is 13.0. The Morgan fingerprint density at radius 2 is 0.533 bits per heavy atom. The molecule has 0 aromatic carbocycles. The fourth-order valence-electron chi connectivity index (χ4n) is 10.6. The van der Waals surface area contributed by atoms with Crippen LogP contribution in [0, 0.1) is 23.7 Å². The van der Waals surface area contributed by atoms with Crippen molar-refractivity contribution in [1.82, 2.24) is 0 Å². The number of hydrogen-bond donors (Lipinski definition) is 3. The summed E-state index contributed by atoms with van der Waals surface area (Å²) in [5, 5.41) is 10.6. The first-order valence-electron chi connectivity index (χ1n) is 36.8. The monoisotopic (exact) mass is 1320 g/mol. The normalized spacial score (nSPS) is 14.9. The van der Waals surface area contributed by atoms with Crippen LogP contribution < -0.4 is 0 Å². The Hall–Kier alpha value is -1.94. The molecule has 7 atom stereocenters. The van der Waals surface area contributed by atoms with Crippen LogP contribution in [0.5, 0.6) is 0 Å². The molecule has 0 rings (SSSR count). The minimum absolute atomic E-state index is 0.105. The lowest BCUT2D eigenvalue weighted by Gasteiger charge is -2.21. The Labute approximate surface area is 549 Å². The van der Waals surface area contributed by atoms with E-state index in [1.807, 2.05) is 0 Å². The molecule has 0 spiro atoms. The summed E-state index contributed by atoms with van der Waals surface area (Å²) in [7, 11) is -9.90. The summed E-state index contributed by atoms with van der Waals surface area (Å²) < 4.78 is 68.3. The van der Waals surface area contributed by atoms with E-state index in [1.165, 1.54) is 141 Å². The zero-order valence-electron chi connectivity index (χ0n) is 58.8. The highest BCUT2D eigenvalue weighted by Crippen LogP contribution is 2.45. The van der Waals surface area contributed by atoms with E-state index >= 15 is 0 Å². The number of phosphoric ester groups is 2. The first-order valence-corrected chi connectivity index (χ1v) is 39.8. The zero-order valence-corrected chi connectivity index (χ0v) is 60.6. The van der Waals surface area contributed by atoms with Gasteiger partial charge in [0.2, 0.25) is 0 Å². The van der Waals surface area contributed by atoms with Gasteiger partial charge in [0.05, 0.1) is 26.4 Å². The fraction of sp³-hybridized carbons (Fsp3) is 0.944. The number of carbonyl (C=O) groups excluding carboxylic acids is 4. The Morgan fingerprint density at radius 3 is 0.789 bits per heavy atom. The van der Waals surface area contributed by atoms with Crippen LogP contribution in [0.25, 0.3) is 0 Å². The number of unbranched alkanes of at least 4 members (excludes halogenated alkanes) is 32. The number of esters is 4. The Bertz CT molecular complexity index is 1790. The highest BCUT2D eigenvalue weighted by atomic mass is 31.2. The highest BCUT2D eigenvalue weighted by molar-refractivity contribution is 7.47. The topological polar surface area (TPSA) is 237 Å². The molecule has 17 nitrogen and oxygen atoms in total. The van der Waals surface area contributed by atoms with Crippen molar-refractivity contribution in [3.63, 3.8) is 0 Å². The average Bonchev–Trinajstić information content (AvgIpc) is 2.65.